The fraction of sp³-hybridized carbons (Fsp3) is 0.222. The van der Waals surface area contributed by atoms with Gasteiger partial charge in [-0.05, 0) is 55.8 Å². The summed E-state index contributed by atoms with van der Waals surface area (Å²) in [6.45, 7) is 4.03. The van der Waals surface area contributed by atoms with E-state index in [0.29, 0.717) is 17.8 Å². The number of rotatable bonds is 5. The zero-order chi connectivity index (χ0) is 19.3. The van der Waals surface area contributed by atoms with E-state index >= 15 is 0 Å². The van der Waals surface area contributed by atoms with Crippen molar-refractivity contribution in [2.45, 2.75) is 20.2 Å². The Labute approximate surface area is 148 Å². The molecule has 138 valence electrons. The Morgan fingerprint density at radius 2 is 1.62 bits per heavy atom. The summed E-state index contributed by atoms with van der Waals surface area (Å²) in [6, 6.07) is 9.43. The third-order valence-corrected chi connectivity index (χ3v) is 3.44. The van der Waals surface area contributed by atoms with Crippen LogP contribution in [0.5, 0.6) is 5.75 Å². The predicted molar refractivity (Wildman–Crippen MR) is 90.3 cm³/mol. The van der Waals surface area contributed by atoms with Crippen LogP contribution in [-0.4, -0.2) is 24.7 Å². The van der Waals surface area contributed by atoms with E-state index < -0.39 is 18.0 Å². The molecular weight excluding hydrogens is 349 g/mol. The molecule has 0 heterocycles. The van der Waals surface area contributed by atoms with Gasteiger partial charge in [-0.25, -0.2) is 0 Å². The molecule has 0 aliphatic heterocycles. The van der Waals surface area contributed by atoms with E-state index in [4.69, 9.17) is 0 Å². The molecule has 5 nitrogen and oxygen atoms in total. The van der Waals surface area contributed by atoms with Crippen molar-refractivity contribution in [2.75, 3.05) is 11.9 Å². The number of alkyl halides is 3. The van der Waals surface area contributed by atoms with Crippen molar-refractivity contribution in [2.24, 2.45) is 0 Å². The summed E-state index contributed by atoms with van der Waals surface area (Å²) in [7, 11) is 0. The highest BCUT2D eigenvalue weighted by atomic mass is 19.4. The first-order valence-electron chi connectivity index (χ1n) is 7.75. The van der Waals surface area contributed by atoms with E-state index in [1.165, 1.54) is 12.1 Å². The largest absolute Gasteiger partial charge is 0.573 e. The minimum Gasteiger partial charge on any atom is -0.406 e. The van der Waals surface area contributed by atoms with Gasteiger partial charge in [0, 0.05) is 23.4 Å². The third-order valence-electron chi connectivity index (χ3n) is 3.44. The summed E-state index contributed by atoms with van der Waals surface area (Å²) in [6.07, 6.45) is -4.79. The molecule has 0 spiro atoms. The van der Waals surface area contributed by atoms with E-state index in [-0.39, 0.29) is 11.5 Å². The molecule has 0 aromatic heterocycles. The number of nitrogens with one attached hydrogen (secondary N) is 2. The molecular formula is C18H17F3N2O3. The number of benzene rings is 2. The predicted octanol–water partition coefficient (Wildman–Crippen LogP) is 3.90. The van der Waals surface area contributed by atoms with Crippen LogP contribution in [0, 0.1) is 6.92 Å². The van der Waals surface area contributed by atoms with E-state index in [1.807, 2.05) is 0 Å². The minimum absolute atomic E-state index is 0.155. The molecule has 0 fully saturated rings. The Bertz CT molecular complexity index is 802. The fourth-order valence-electron chi connectivity index (χ4n) is 2.16. The van der Waals surface area contributed by atoms with Gasteiger partial charge < -0.3 is 15.4 Å². The Kier molecular flexibility index (Phi) is 5.86. The highest BCUT2D eigenvalue weighted by molar-refractivity contribution is 6.05. The SMILES string of the molecule is CCNC(=O)c1ccc(C)c(NC(=O)c2ccc(OC(F)(F)F)cc2)c1. The van der Waals surface area contributed by atoms with Gasteiger partial charge in [-0.2, -0.15) is 0 Å². The van der Waals surface area contributed by atoms with Crippen molar-refractivity contribution < 1.29 is 27.5 Å². The van der Waals surface area contributed by atoms with Crippen LogP contribution in [0.4, 0.5) is 18.9 Å². The smallest absolute Gasteiger partial charge is 0.406 e. The number of carbonyl (C=O) groups excluding carboxylic acids is 2. The lowest BCUT2D eigenvalue weighted by atomic mass is 10.1. The number of amides is 2. The van der Waals surface area contributed by atoms with Crippen LogP contribution in [-0.2, 0) is 0 Å². The van der Waals surface area contributed by atoms with Crippen LogP contribution >= 0.6 is 0 Å². The Morgan fingerprint density at radius 3 is 2.19 bits per heavy atom. The molecule has 0 aliphatic carbocycles. The van der Waals surface area contributed by atoms with Crippen LogP contribution in [0.1, 0.15) is 33.2 Å². The lowest BCUT2D eigenvalue weighted by Gasteiger charge is -2.12. The summed E-state index contributed by atoms with van der Waals surface area (Å²) in [5.41, 5.74) is 1.72. The Morgan fingerprint density at radius 1 is 1.00 bits per heavy atom. The summed E-state index contributed by atoms with van der Waals surface area (Å²) < 4.78 is 40.2. The van der Waals surface area contributed by atoms with E-state index in [9.17, 15) is 22.8 Å². The van der Waals surface area contributed by atoms with Crippen LogP contribution in [0.25, 0.3) is 0 Å². The summed E-state index contributed by atoms with van der Waals surface area (Å²) in [4.78, 5) is 24.2. The van der Waals surface area contributed by atoms with Gasteiger partial charge in [0.2, 0.25) is 0 Å². The second-order valence-corrected chi connectivity index (χ2v) is 5.42. The quantitative estimate of drug-likeness (QED) is 0.844. The lowest BCUT2D eigenvalue weighted by Crippen LogP contribution is -2.23. The maximum absolute atomic E-state index is 12.3. The molecule has 8 heteroatoms. The van der Waals surface area contributed by atoms with Crippen LogP contribution in [0.2, 0.25) is 0 Å². The van der Waals surface area contributed by atoms with Crippen molar-refractivity contribution in [1.82, 2.24) is 5.32 Å². The molecule has 0 unspecified atom stereocenters. The molecule has 0 aliphatic rings. The molecule has 2 amide bonds. The van der Waals surface area contributed by atoms with Crippen LogP contribution in [0.3, 0.4) is 0 Å². The van der Waals surface area contributed by atoms with Crippen molar-refractivity contribution in [1.29, 1.82) is 0 Å². The van der Waals surface area contributed by atoms with Crippen molar-refractivity contribution in [3.8, 4) is 5.75 Å². The number of ether oxygens (including phenoxy) is 1. The van der Waals surface area contributed by atoms with Gasteiger partial charge >= 0.3 is 6.36 Å². The average Bonchev–Trinajstić information content (AvgIpc) is 2.56. The van der Waals surface area contributed by atoms with Crippen molar-refractivity contribution >= 4 is 17.5 Å². The number of hydrogen-bond acceptors (Lipinski definition) is 3. The normalized spacial score (nSPS) is 11.0. The van der Waals surface area contributed by atoms with E-state index in [2.05, 4.69) is 15.4 Å². The van der Waals surface area contributed by atoms with Gasteiger partial charge in [0.15, 0.2) is 0 Å². The Balaban J connectivity index is 2.14. The molecule has 2 rings (SSSR count). The number of anilines is 1. The molecule has 0 bridgehead atoms. The number of hydrogen-bond donors (Lipinski definition) is 2. The monoisotopic (exact) mass is 366 g/mol. The first-order valence-corrected chi connectivity index (χ1v) is 7.75. The number of halogens is 3. The second-order valence-electron chi connectivity index (χ2n) is 5.42. The van der Waals surface area contributed by atoms with E-state index in [0.717, 1.165) is 17.7 Å². The van der Waals surface area contributed by atoms with Crippen LogP contribution < -0.4 is 15.4 Å². The van der Waals surface area contributed by atoms with Crippen LogP contribution in [0.15, 0.2) is 42.5 Å². The zero-order valence-corrected chi connectivity index (χ0v) is 14.1. The summed E-state index contributed by atoms with van der Waals surface area (Å²) >= 11 is 0. The van der Waals surface area contributed by atoms with Gasteiger partial charge in [-0.15, -0.1) is 13.2 Å². The first kappa shape index (κ1) is 19.3. The standard InChI is InChI=1S/C18H17F3N2O3/c1-3-22-16(24)13-5-4-11(2)15(10-13)23-17(25)12-6-8-14(9-7-12)26-18(19,20)21/h4-10H,3H2,1-2H3,(H,22,24)(H,23,25). The molecule has 0 saturated heterocycles. The van der Waals surface area contributed by atoms with Gasteiger partial charge in [-0.3, -0.25) is 9.59 Å². The van der Waals surface area contributed by atoms with Gasteiger partial charge in [0.05, 0.1) is 0 Å². The molecule has 0 atom stereocenters. The maximum Gasteiger partial charge on any atom is 0.573 e. The molecule has 2 N–H and O–H groups in total. The molecule has 0 radical (unpaired) electrons. The summed E-state index contributed by atoms with van der Waals surface area (Å²) in [5.74, 6) is -1.19. The molecule has 2 aromatic carbocycles. The van der Waals surface area contributed by atoms with Gasteiger partial charge in [-0.1, -0.05) is 6.07 Å². The summed E-state index contributed by atoms with van der Waals surface area (Å²) in [5, 5.41) is 5.31. The number of carbonyl (C=O) groups is 2. The molecule has 26 heavy (non-hydrogen) atoms. The zero-order valence-electron chi connectivity index (χ0n) is 14.1. The third kappa shape index (κ3) is 5.23. The Hall–Kier alpha value is -3.03. The topological polar surface area (TPSA) is 67.4 Å². The lowest BCUT2D eigenvalue weighted by molar-refractivity contribution is -0.274. The highest BCUT2D eigenvalue weighted by Gasteiger charge is 2.31. The number of aryl methyl sites for hydroxylation is 1. The van der Waals surface area contributed by atoms with Crippen molar-refractivity contribution in [3.63, 3.8) is 0 Å². The first-order chi connectivity index (χ1) is 12.2. The molecule has 0 saturated carbocycles. The van der Waals surface area contributed by atoms with Gasteiger partial charge in [0.1, 0.15) is 5.75 Å². The molecule has 2 aromatic rings. The van der Waals surface area contributed by atoms with Crippen molar-refractivity contribution in [3.05, 3.63) is 59.2 Å². The average molecular weight is 366 g/mol. The maximum atomic E-state index is 12.3. The second kappa shape index (κ2) is 7.90. The van der Waals surface area contributed by atoms with E-state index in [1.54, 1.807) is 32.0 Å². The minimum atomic E-state index is -4.79. The van der Waals surface area contributed by atoms with Gasteiger partial charge in [0.25, 0.3) is 11.8 Å². The highest BCUT2D eigenvalue weighted by Crippen LogP contribution is 2.23. The fourth-order valence-corrected chi connectivity index (χ4v) is 2.16.